The quantitative estimate of drug-likeness (QED) is 0.851. The maximum Gasteiger partial charge on any atom is 0.122 e. The van der Waals surface area contributed by atoms with E-state index in [9.17, 15) is 5.11 Å². The number of aliphatic hydroxyl groups is 1. The van der Waals surface area contributed by atoms with Crippen molar-refractivity contribution in [3.63, 3.8) is 0 Å². The molecule has 1 atom stereocenters. The van der Waals surface area contributed by atoms with Crippen LogP contribution in [0.1, 0.15) is 30.0 Å². The Hall–Kier alpha value is -1.52. The third kappa shape index (κ3) is 3.99. The summed E-state index contributed by atoms with van der Waals surface area (Å²) in [6.45, 7) is 3.74. The van der Waals surface area contributed by atoms with Crippen molar-refractivity contribution in [2.75, 3.05) is 7.11 Å². The molecule has 106 valence electrons. The molecule has 0 aliphatic heterocycles. The first kappa shape index (κ1) is 14.9. The number of hydrogen-bond donors (Lipinski definition) is 1. The summed E-state index contributed by atoms with van der Waals surface area (Å²) in [5, 5.41) is 9.48. The summed E-state index contributed by atoms with van der Waals surface area (Å²) < 4.78 is 5.25. The number of rotatable bonds is 5. The molecule has 1 heterocycles. The van der Waals surface area contributed by atoms with E-state index in [1.807, 2.05) is 43.3 Å². The summed E-state index contributed by atoms with van der Waals surface area (Å²) in [5.41, 5.74) is 2.90. The first-order valence-corrected chi connectivity index (χ1v) is 7.49. The van der Waals surface area contributed by atoms with Crippen molar-refractivity contribution in [2.24, 2.45) is 0 Å². The molecule has 0 spiro atoms. The lowest BCUT2D eigenvalue weighted by molar-refractivity contribution is 0.199. The lowest BCUT2D eigenvalue weighted by Crippen LogP contribution is -1.93. The van der Waals surface area contributed by atoms with Crippen molar-refractivity contribution in [1.82, 2.24) is 4.98 Å². The summed E-state index contributed by atoms with van der Waals surface area (Å²) in [4.78, 5) is 5.67. The number of nitrogens with zero attached hydrogens (tertiary/aromatic N) is 1. The number of thioether (sulfide) groups is 1. The van der Waals surface area contributed by atoms with Gasteiger partial charge in [0.25, 0.3) is 0 Å². The van der Waals surface area contributed by atoms with Crippen molar-refractivity contribution in [1.29, 1.82) is 0 Å². The van der Waals surface area contributed by atoms with Crippen LogP contribution in [0.4, 0.5) is 0 Å². The maximum atomic E-state index is 9.48. The first-order valence-electron chi connectivity index (χ1n) is 6.51. The normalized spacial score (nSPS) is 12.2. The zero-order chi connectivity index (χ0) is 14.5. The van der Waals surface area contributed by atoms with E-state index in [0.717, 1.165) is 33.3 Å². The molecule has 1 unspecified atom stereocenters. The van der Waals surface area contributed by atoms with Crippen molar-refractivity contribution < 1.29 is 9.84 Å². The van der Waals surface area contributed by atoms with Crippen LogP contribution in [0.15, 0.2) is 41.3 Å². The number of aryl methyl sites for hydroxylation is 1. The molecule has 0 fully saturated rings. The van der Waals surface area contributed by atoms with E-state index in [-0.39, 0.29) is 0 Å². The van der Waals surface area contributed by atoms with Gasteiger partial charge in [0.05, 0.1) is 18.9 Å². The molecule has 2 rings (SSSR count). The number of ether oxygens (including phenoxy) is 1. The zero-order valence-corrected chi connectivity index (χ0v) is 12.8. The number of aliphatic hydroxyl groups excluding tert-OH is 1. The van der Waals surface area contributed by atoms with Gasteiger partial charge in [-0.25, -0.2) is 0 Å². The van der Waals surface area contributed by atoms with Gasteiger partial charge in [-0.15, -0.1) is 11.8 Å². The molecule has 0 amide bonds. The van der Waals surface area contributed by atoms with E-state index in [0.29, 0.717) is 0 Å². The van der Waals surface area contributed by atoms with Gasteiger partial charge in [-0.05, 0) is 31.5 Å². The molecule has 0 bridgehead atoms. The molecule has 1 aromatic heterocycles. The molecule has 1 aromatic carbocycles. The number of pyridine rings is 1. The Labute approximate surface area is 124 Å². The summed E-state index contributed by atoms with van der Waals surface area (Å²) >= 11 is 1.72. The van der Waals surface area contributed by atoms with E-state index in [2.05, 4.69) is 4.98 Å². The fourth-order valence-corrected chi connectivity index (χ4v) is 2.69. The van der Waals surface area contributed by atoms with Crippen molar-refractivity contribution >= 4 is 11.8 Å². The van der Waals surface area contributed by atoms with Gasteiger partial charge < -0.3 is 9.84 Å². The van der Waals surface area contributed by atoms with Crippen LogP contribution in [-0.2, 0) is 5.75 Å². The highest BCUT2D eigenvalue weighted by atomic mass is 32.2. The van der Waals surface area contributed by atoms with Gasteiger partial charge in [0, 0.05) is 28.5 Å². The standard InChI is InChI=1S/C16H19NO2S/c1-11-8-15(19-3)9-14(17-11)10-20-16-6-4-13(5-7-16)12(2)18/h4-9,12,18H,10H2,1-3H3. The Bertz CT molecular complexity index is 567. The highest BCUT2D eigenvalue weighted by Crippen LogP contribution is 2.25. The first-order chi connectivity index (χ1) is 9.58. The fourth-order valence-electron chi connectivity index (χ4n) is 1.89. The second kappa shape index (κ2) is 6.77. The molecule has 20 heavy (non-hydrogen) atoms. The predicted octanol–water partition coefficient (Wildman–Crippen LogP) is 3.74. The lowest BCUT2D eigenvalue weighted by atomic mass is 10.1. The van der Waals surface area contributed by atoms with Crippen molar-refractivity contribution in [2.45, 2.75) is 30.6 Å². The van der Waals surface area contributed by atoms with Crippen LogP contribution < -0.4 is 4.74 Å². The van der Waals surface area contributed by atoms with Crippen LogP contribution in [0.3, 0.4) is 0 Å². The van der Waals surface area contributed by atoms with Crippen LogP contribution in [-0.4, -0.2) is 17.2 Å². The number of benzene rings is 1. The fraction of sp³-hybridized carbons (Fsp3) is 0.312. The molecule has 4 heteroatoms. The zero-order valence-electron chi connectivity index (χ0n) is 12.0. The predicted molar refractivity (Wildman–Crippen MR) is 82.2 cm³/mol. The van der Waals surface area contributed by atoms with Crippen LogP contribution in [0.5, 0.6) is 5.75 Å². The number of methoxy groups -OCH3 is 1. The van der Waals surface area contributed by atoms with Crippen molar-refractivity contribution in [3.8, 4) is 5.75 Å². The second-order valence-electron chi connectivity index (χ2n) is 4.67. The van der Waals surface area contributed by atoms with E-state index in [4.69, 9.17) is 4.74 Å². The van der Waals surface area contributed by atoms with Gasteiger partial charge >= 0.3 is 0 Å². The molecular formula is C16H19NO2S. The topological polar surface area (TPSA) is 42.4 Å². The van der Waals surface area contributed by atoms with Gasteiger partial charge in [0.2, 0.25) is 0 Å². The third-order valence-corrected chi connectivity index (χ3v) is 4.01. The summed E-state index contributed by atoms with van der Waals surface area (Å²) in [6.07, 6.45) is -0.420. The molecule has 3 nitrogen and oxygen atoms in total. The van der Waals surface area contributed by atoms with Gasteiger partial charge in [0.15, 0.2) is 0 Å². The van der Waals surface area contributed by atoms with Gasteiger partial charge in [-0.3, -0.25) is 4.98 Å². The Balaban J connectivity index is 2.03. The maximum absolute atomic E-state index is 9.48. The lowest BCUT2D eigenvalue weighted by Gasteiger charge is -2.07. The SMILES string of the molecule is COc1cc(C)nc(CSc2ccc(C(C)O)cc2)c1. The average molecular weight is 289 g/mol. The molecule has 0 aliphatic rings. The second-order valence-corrected chi connectivity index (χ2v) is 5.72. The molecule has 0 radical (unpaired) electrons. The summed E-state index contributed by atoms with van der Waals surface area (Å²) in [7, 11) is 1.67. The van der Waals surface area contributed by atoms with Crippen LogP contribution in [0, 0.1) is 6.92 Å². The van der Waals surface area contributed by atoms with Crippen LogP contribution in [0.25, 0.3) is 0 Å². The van der Waals surface area contributed by atoms with E-state index >= 15 is 0 Å². The van der Waals surface area contributed by atoms with E-state index in [1.165, 1.54) is 0 Å². The molecule has 2 aromatic rings. The Morgan fingerprint density at radius 3 is 2.55 bits per heavy atom. The Kier molecular flexibility index (Phi) is 5.04. The highest BCUT2D eigenvalue weighted by molar-refractivity contribution is 7.98. The summed E-state index contributed by atoms with van der Waals surface area (Å²) in [5.74, 6) is 1.64. The van der Waals surface area contributed by atoms with E-state index in [1.54, 1.807) is 25.8 Å². The van der Waals surface area contributed by atoms with E-state index < -0.39 is 6.10 Å². The third-order valence-electron chi connectivity index (χ3n) is 2.96. The van der Waals surface area contributed by atoms with Gasteiger partial charge in [0.1, 0.15) is 5.75 Å². The molecule has 1 N–H and O–H groups in total. The molecule has 0 saturated heterocycles. The summed E-state index contributed by atoms with van der Waals surface area (Å²) in [6, 6.07) is 11.9. The highest BCUT2D eigenvalue weighted by Gasteiger charge is 2.04. The smallest absolute Gasteiger partial charge is 0.122 e. The minimum absolute atomic E-state index is 0.420. The Morgan fingerprint density at radius 1 is 1.25 bits per heavy atom. The molecule has 0 saturated carbocycles. The van der Waals surface area contributed by atoms with Crippen molar-refractivity contribution in [3.05, 3.63) is 53.3 Å². The number of hydrogen-bond acceptors (Lipinski definition) is 4. The largest absolute Gasteiger partial charge is 0.497 e. The molecular weight excluding hydrogens is 270 g/mol. The minimum Gasteiger partial charge on any atom is -0.497 e. The molecule has 0 aliphatic carbocycles. The van der Waals surface area contributed by atoms with Crippen LogP contribution in [0.2, 0.25) is 0 Å². The Morgan fingerprint density at radius 2 is 1.95 bits per heavy atom. The monoisotopic (exact) mass is 289 g/mol. The average Bonchev–Trinajstić information content (AvgIpc) is 2.45. The van der Waals surface area contributed by atoms with Gasteiger partial charge in [-0.1, -0.05) is 12.1 Å². The van der Waals surface area contributed by atoms with Crippen LogP contribution >= 0.6 is 11.8 Å². The number of aromatic nitrogens is 1. The minimum atomic E-state index is -0.420. The van der Waals surface area contributed by atoms with Gasteiger partial charge in [-0.2, -0.15) is 0 Å².